The SMILES string of the molecule is CC1Cc2ccccc2N1CCNC(=O)c1cccc(S(C)(=O)=O)c1. The van der Waals surface area contributed by atoms with Crippen LogP contribution in [0.5, 0.6) is 0 Å². The van der Waals surface area contributed by atoms with Crippen molar-refractivity contribution in [2.45, 2.75) is 24.3 Å². The lowest BCUT2D eigenvalue weighted by Gasteiger charge is -2.25. The summed E-state index contributed by atoms with van der Waals surface area (Å²) in [6, 6.07) is 14.8. The number of sulfone groups is 1. The lowest BCUT2D eigenvalue weighted by Crippen LogP contribution is -2.37. The molecule has 0 spiro atoms. The Bertz CT molecular complexity index is 893. The molecule has 132 valence electrons. The van der Waals surface area contributed by atoms with Gasteiger partial charge in [0.2, 0.25) is 0 Å². The van der Waals surface area contributed by atoms with Crippen LogP contribution in [-0.4, -0.2) is 39.7 Å². The fourth-order valence-electron chi connectivity index (χ4n) is 3.23. The standard InChI is InChI=1S/C19H22N2O3S/c1-14-12-15-6-3-4-9-18(15)21(14)11-10-20-19(22)16-7-5-8-17(13-16)25(2,23)24/h3-9,13-14H,10-12H2,1-2H3,(H,20,22). The molecule has 0 aromatic heterocycles. The van der Waals surface area contributed by atoms with Crippen molar-refractivity contribution >= 4 is 21.4 Å². The molecule has 0 bridgehead atoms. The Balaban J connectivity index is 1.62. The van der Waals surface area contributed by atoms with Gasteiger partial charge in [-0.15, -0.1) is 0 Å². The average Bonchev–Trinajstić information content (AvgIpc) is 2.90. The molecule has 2 aromatic carbocycles. The number of rotatable bonds is 5. The summed E-state index contributed by atoms with van der Waals surface area (Å²) in [7, 11) is -3.32. The van der Waals surface area contributed by atoms with Gasteiger partial charge < -0.3 is 10.2 Å². The third-order valence-electron chi connectivity index (χ3n) is 4.51. The Kier molecular flexibility index (Phi) is 4.81. The summed E-state index contributed by atoms with van der Waals surface area (Å²) in [5.41, 5.74) is 2.92. The van der Waals surface area contributed by atoms with E-state index in [2.05, 4.69) is 29.3 Å². The zero-order valence-corrected chi connectivity index (χ0v) is 15.2. The number of carbonyl (C=O) groups excluding carboxylic acids is 1. The highest BCUT2D eigenvalue weighted by Gasteiger charge is 2.24. The number of fused-ring (bicyclic) bond motifs is 1. The second-order valence-corrected chi connectivity index (χ2v) is 8.45. The molecule has 6 heteroatoms. The summed E-state index contributed by atoms with van der Waals surface area (Å²) in [6.45, 7) is 3.40. The summed E-state index contributed by atoms with van der Waals surface area (Å²) in [4.78, 5) is 14.7. The second-order valence-electron chi connectivity index (χ2n) is 6.43. The number of amides is 1. The number of carbonyl (C=O) groups is 1. The van der Waals surface area contributed by atoms with Gasteiger partial charge in [0.05, 0.1) is 4.90 Å². The smallest absolute Gasteiger partial charge is 0.251 e. The zero-order chi connectivity index (χ0) is 18.0. The average molecular weight is 358 g/mol. The highest BCUT2D eigenvalue weighted by molar-refractivity contribution is 7.90. The van der Waals surface area contributed by atoms with E-state index in [1.165, 1.54) is 23.4 Å². The third-order valence-corrected chi connectivity index (χ3v) is 5.62. The van der Waals surface area contributed by atoms with Gasteiger partial charge in [-0.1, -0.05) is 24.3 Å². The van der Waals surface area contributed by atoms with Crippen molar-refractivity contribution in [1.29, 1.82) is 0 Å². The Labute approximate surface area is 148 Å². The van der Waals surface area contributed by atoms with E-state index in [9.17, 15) is 13.2 Å². The van der Waals surface area contributed by atoms with Crippen molar-refractivity contribution < 1.29 is 13.2 Å². The van der Waals surface area contributed by atoms with Gasteiger partial charge in [-0.25, -0.2) is 8.42 Å². The van der Waals surface area contributed by atoms with E-state index in [0.717, 1.165) is 19.2 Å². The number of para-hydroxylation sites is 1. The number of nitrogens with one attached hydrogen (secondary N) is 1. The Morgan fingerprint density at radius 1 is 1.20 bits per heavy atom. The molecule has 1 aliphatic heterocycles. The predicted molar refractivity (Wildman–Crippen MR) is 98.8 cm³/mol. The van der Waals surface area contributed by atoms with Crippen molar-refractivity contribution in [1.82, 2.24) is 5.32 Å². The molecule has 0 fully saturated rings. The lowest BCUT2D eigenvalue weighted by molar-refractivity contribution is 0.0954. The maximum atomic E-state index is 12.3. The maximum absolute atomic E-state index is 12.3. The molecule has 25 heavy (non-hydrogen) atoms. The number of hydrogen-bond acceptors (Lipinski definition) is 4. The van der Waals surface area contributed by atoms with Crippen LogP contribution in [-0.2, 0) is 16.3 Å². The second kappa shape index (κ2) is 6.88. The van der Waals surface area contributed by atoms with Crippen LogP contribution in [0.2, 0.25) is 0 Å². The molecule has 0 saturated carbocycles. The zero-order valence-electron chi connectivity index (χ0n) is 14.4. The van der Waals surface area contributed by atoms with Crippen molar-refractivity contribution in [3.63, 3.8) is 0 Å². The van der Waals surface area contributed by atoms with E-state index in [1.807, 2.05) is 12.1 Å². The van der Waals surface area contributed by atoms with Crippen molar-refractivity contribution in [3.05, 3.63) is 59.7 Å². The van der Waals surface area contributed by atoms with E-state index in [1.54, 1.807) is 12.1 Å². The van der Waals surface area contributed by atoms with Gasteiger partial charge in [0, 0.05) is 36.6 Å². The molecule has 1 N–H and O–H groups in total. The number of anilines is 1. The Hall–Kier alpha value is -2.34. The first-order valence-corrected chi connectivity index (χ1v) is 10.2. The van der Waals surface area contributed by atoms with Crippen LogP contribution in [0.3, 0.4) is 0 Å². The molecule has 1 amide bonds. The maximum Gasteiger partial charge on any atom is 0.251 e. The van der Waals surface area contributed by atoms with E-state index in [4.69, 9.17) is 0 Å². The van der Waals surface area contributed by atoms with Crippen LogP contribution in [0.25, 0.3) is 0 Å². The number of nitrogens with zero attached hydrogens (tertiary/aromatic N) is 1. The highest BCUT2D eigenvalue weighted by atomic mass is 32.2. The highest BCUT2D eigenvalue weighted by Crippen LogP contribution is 2.31. The van der Waals surface area contributed by atoms with Gasteiger partial charge >= 0.3 is 0 Å². The van der Waals surface area contributed by atoms with Gasteiger partial charge in [-0.3, -0.25) is 4.79 Å². The van der Waals surface area contributed by atoms with Crippen LogP contribution in [0.1, 0.15) is 22.8 Å². The number of hydrogen-bond donors (Lipinski definition) is 1. The van der Waals surface area contributed by atoms with Crippen LogP contribution in [0.4, 0.5) is 5.69 Å². The molecule has 2 aromatic rings. The van der Waals surface area contributed by atoms with Gasteiger partial charge in [0.15, 0.2) is 9.84 Å². The molecule has 3 rings (SSSR count). The molecule has 0 radical (unpaired) electrons. The lowest BCUT2D eigenvalue weighted by atomic mass is 10.1. The molecular weight excluding hydrogens is 336 g/mol. The Morgan fingerprint density at radius 2 is 1.96 bits per heavy atom. The minimum atomic E-state index is -3.32. The van der Waals surface area contributed by atoms with Crippen LogP contribution < -0.4 is 10.2 Å². The topological polar surface area (TPSA) is 66.5 Å². The minimum Gasteiger partial charge on any atom is -0.367 e. The monoisotopic (exact) mass is 358 g/mol. The molecular formula is C19H22N2O3S. The first-order chi connectivity index (χ1) is 11.9. The molecule has 1 unspecified atom stereocenters. The summed E-state index contributed by atoms with van der Waals surface area (Å²) < 4.78 is 23.2. The van der Waals surface area contributed by atoms with Crippen molar-refractivity contribution in [2.75, 3.05) is 24.2 Å². The summed E-state index contributed by atoms with van der Waals surface area (Å²) in [6.07, 6.45) is 2.15. The summed E-state index contributed by atoms with van der Waals surface area (Å²) in [5, 5.41) is 2.88. The largest absolute Gasteiger partial charge is 0.367 e. The molecule has 1 heterocycles. The van der Waals surface area contributed by atoms with E-state index < -0.39 is 9.84 Å². The van der Waals surface area contributed by atoms with E-state index >= 15 is 0 Å². The quantitative estimate of drug-likeness (QED) is 0.890. The molecule has 0 aliphatic carbocycles. The molecule has 1 aliphatic rings. The van der Waals surface area contributed by atoms with Gasteiger partial charge in [-0.2, -0.15) is 0 Å². The van der Waals surface area contributed by atoms with E-state index in [0.29, 0.717) is 18.2 Å². The van der Waals surface area contributed by atoms with Gasteiger partial charge in [0.25, 0.3) is 5.91 Å². The first-order valence-electron chi connectivity index (χ1n) is 8.29. The Morgan fingerprint density at radius 3 is 2.72 bits per heavy atom. The van der Waals surface area contributed by atoms with Crippen molar-refractivity contribution in [2.24, 2.45) is 0 Å². The molecule has 1 atom stereocenters. The van der Waals surface area contributed by atoms with Gasteiger partial charge in [0.1, 0.15) is 0 Å². The van der Waals surface area contributed by atoms with Crippen LogP contribution in [0, 0.1) is 0 Å². The number of benzene rings is 2. The minimum absolute atomic E-state index is 0.155. The summed E-state index contributed by atoms with van der Waals surface area (Å²) >= 11 is 0. The van der Waals surface area contributed by atoms with Crippen LogP contribution >= 0.6 is 0 Å². The fraction of sp³-hybridized carbons (Fsp3) is 0.316. The van der Waals surface area contributed by atoms with Crippen molar-refractivity contribution in [3.8, 4) is 0 Å². The van der Waals surface area contributed by atoms with Gasteiger partial charge in [-0.05, 0) is 43.2 Å². The third kappa shape index (κ3) is 3.85. The van der Waals surface area contributed by atoms with Crippen LogP contribution in [0.15, 0.2) is 53.4 Å². The summed E-state index contributed by atoms with van der Waals surface area (Å²) in [5.74, 6) is -0.259. The predicted octanol–water partition coefficient (Wildman–Crippen LogP) is 2.27. The molecule has 0 saturated heterocycles. The van der Waals surface area contributed by atoms with E-state index in [-0.39, 0.29) is 10.8 Å². The molecule has 5 nitrogen and oxygen atoms in total. The normalized spacial score (nSPS) is 16.6. The first kappa shape index (κ1) is 17.5. The fourth-order valence-corrected chi connectivity index (χ4v) is 3.90.